The van der Waals surface area contributed by atoms with Crippen LogP contribution < -0.4 is 10.5 Å². The molecular formula is C24H24F3N3O2S. The zero-order chi connectivity index (χ0) is 23.6. The molecule has 1 aromatic heterocycles. The largest absolute Gasteiger partial charge is 0.497 e. The Morgan fingerprint density at radius 1 is 1.18 bits per heavy atom. The summed E-state index contributed by atoms with van der Waals surface area (Å²) in [7, 11) is 1.55. The van der Waals surface area contributed by atoms with Gasteiger partial charge >= 0.3 is 6.18 Å². The van der Waals surface area contributed by atoms with Crippen LogP contribution in [0.15, 0.2) is 48.5 Å². The fraction of sp³-hybridized carbons (Fsp3) is 0.333. The Balaban J connectivity index is 1.84. The van der Waals surface area contributed by atoms with Crippen LogP contribution in [0, 0.1) is 0 Å². The van der Waals surface area contributed by atoms with Crippen molar-refractivity contribution in [3.8, 4) is 26.8 Å². The molecule has 0 bridgehead atoms. The summed E-state index contributed by atoms with van der Waals surface area (Å²) in [4.78, 5) is 20.3. The maximum atomic E-state index is 13.6. The van der Waals surface area contributed by atoms with E-state index in [2.05, 4.69) is 4.98 Å². The minimum atomic E-state index is -4.49. The average molecular weight is 476 g/mol. The molecule has 4 rings (SSSR count). The number of nitrogens with zero attached hydrogens (tertiary/aromatic N) is 2. The van der Waals surface area contributed by atoms with Crippen LogP contribution in [0.2, 0.25) is 0 Å². The number of aromatic nitrogens is 1. The van der Waals surface area contributed by atoms with Gasteiger partial charge in [-0.3, -0.25) is 4.79 Å². The standard InChI is InChI=1S/C24H24F3N3O2S/c1-32-19-10-5-7-16(13-19)22-29-20(23(31)30-11-3-2-9-18(30)14-28)21(33-22)15-6-4-8-17(12-15)24(25,26)27/h4-8,10,12-13,18H,2-3,9,11,14,28H2,1H3. The lowest BCUT2D eigenvalue weighted by atomic mass is 10.0. The normalized spacial score (nSPS) is 16.6. The summed E-state index contributed by atoms with van der Waals surface area (Å²) in [6, 6.07) is 12.1. The van der Waals surface area contributed by atoms with Crippen molar-refractivity contribution in [2.75, 3.05) is 20.2 Å². The number of benzene rings is 2. The first-order chi connectivity index (χ1) is 15.8. The van der Waals surface area contributed by atoms with Gasteiger partial charge in [-0.05, 0) is 49.1 Å². The smallest absolute Gasteiger partial charge is 0.416 e. The van der Waals surface area contributed by atoms with Crippen molar-refractivity contribution in [1.82, 2.24) is 9.88 Å². The fourth-order valence-corrected chi connectivity index (χ4v) is 5.08. The van der Waals surface area contributed by atoms with E-state index in [1.165, 1.54) is 17.4 Å². The summed E-state index contributed by atoms with van der Waals surface area (Å²) in [6.45, 7) is 0.881. The molecule has 9 heteroatoms. The molecule has 0 spiro atoms. The lowest BCUT2D eigenvalue weighted by Gasteiger charge is -2.34. The minimum Gasteiger partial charge on any atom is -0.497 e. The number of hydrogen-bond acceptors (Lipinski definition) is 5. The predicted molar refractivity (Wildman–Crippen MR) is 122 cm³/mol. The quantitative estimate of drug-likeness (QED) is 0.532. The fourth-order valence-electron chi connectivity index (χ4n) is 4.03. The molecule has 33 heavy (non-hydrogen) atoms. The Labute approximate surface area is 194 Å². The summed E-state index contributed by atoms with van der Waals surface area (Å²) in [5, 5.41) is 0.533. The van der Waals surface area contributed by atoms with Crippen molar-refractivity contribution < 1.29 is 22.7 Å². The van der Waals surface area contributed by atoms with E-state index >= 15 is 0 Å². The van der Waals surface area contributed by atoms with Gasteiger partial charge in [-0.15, -0.1) is 11.3 Å². The number of nitrogens with two attached hydrogens (primary N) is 1. The van der Waals surface area contributed by atoms with Crippen LogP contribution in [0.25, 0.3) is 21.0 Å². The molecule has 5 nitrogen and oxygen atoms in total. The monoisotopic (exact) mass is 475 g/mol. The number of ether oxygens (including phenoxy) is 1. The maximum Gasteiger partial charge on any atom is 0.416 e. The van der Waals surface area contributed by atoms with Crippen LogP contribution in [0.3, 0.4) is 0 Å². The van der Waals surface area contributed by atoms with Gasteiger partial charge in [0.15, 0.2) is 0 Å². The summed E-state index contributed by atoms with van der Waals surface area (Å²) < 4.78 is 45.4. The number of hydrogen-bond donors (Lipinski definition) is 1. The van der Waals surface area contributed by atoms with Gasteiger partial charge in [0, 0.05) is 24.7 Å². The van der Waals surface area contributed by atoms with E-state index in [0.29, 0.717) is 34.3 Å². The molecule has 1 atom stereocenters. The van der Waals surface area contributed by atoms with Crippen LogP contribution in [-0.4, -0.2) is 42.0 Å². The Morgan fingerprint density at radius 2 is 1.94 bits per heavy atom. The van der Waals surface area contributed by atoms with Gasteiger partial charge in [0.1, 0.15) is 16.5 Å². The Bertz CT molecular complexity index is 1150. The van der Waals surface area contributed by atoms with E-state index in [4.69, 9.17) is 10.5 Å². The average Bonchev–Trinajstić information content (AvgIpc) is 3.29. The van der Waals surface area contributed by atoms with Crippen molar-refractivity contribution in [1.29, 1.82) is 0 Å². The molecule has 0 saturated carbocycles. The third-order valence-corrected chi connectivity index (χ3v) is 6.91. The zero-order valence-corrected chi connectivity index (χ0v) is 18.9. The molecule has 1 aliphatic heterocycles. The van der Waals surface area contributed by atoms with Crippen LogP contribution in [0.5, 0.6) is 5.75 Å². The number of amides is 1. The van der Waals surface area contributed by atoms with Crippen molar-refractivity contribution in [2.24, 2.45) is 5.73 Å². The maximum absolute atomic E-state index is 13.6. The number of carbonyl (C=O) groups is 1. The second kappa shape index (κ2) is 9.52. The first-order valence-corrected chi connectivity index (χ1v) is 11.5. The molecule has 1 fully saturated rings. The lowest BCUT2D eigenvalue weighted by Crippen LogP contribution is -2.47. The Morgan fingerprint density at radius 3 is 2.67 bits per heavy atom. The van der Waals surface area contributed by atoms with Crippen molar-refractivity contribution in [3.05, 3.63) is 59.8 Å². The first kappa shape index (κ1) is 23.3. The molecule has 1 aliphatic rings. The van der Waals surface area contributed by atoms with Crippen molar-refractivity contribution in [2.45, 2.75) is 31.5 Å². The summed E-state index contributed by atoms with van der Waals surface area (Å²) in [6.07, 6.45) is -1.85. The molecule has 174 valence electrons. The highest BCUT2D eigenvalue weighted by atomic mass is 32.1. The molecule has 3 aromatic rings. The van der Waals surface area contributed by atoms with E-state index in [-0.39, 0.29) is 17.6 Å². The second-order valence-electron chi connectivity index (χ2n) is 7.89. The van der Waals surface area contributed by atoms with Crippen LogP contribution in [-0.2, 0) is 6.18 Å². The molecule has 1 saturated heterocycles. The van der Waals surface area contributed by atoms with Crippen LogP contribution in [0.4, 0.5) is 13.2 Å². The van der Waals surface area contributed by atoms with Gasteiger partial charge in [0.05, 0.1) is 17.6 Å². The first-order valence-electron chi connectivity index (χ1n) is 10.7. The van der Waals surface area contributed by atoms with Gasteiger partial charge in [-0.1, -0.05) is 24.3 Å². The molecule has 0 aliphatic carbocycles. The van der Waals surface area contributed by atoms with Crippen molar-refractivity contribution in [3.63, 3.8) is 0 Å². The topological polar surface area (TPSA) is 68.5 Å². The number of likely N-dealkylation sites (tertiary alicyclic amines) is 1. The molecule has 1 amide bonds. The number of alkyl halides is 3. The van der Waals surface area contributed by atoms with Crippen LogP contribution in [0.1, 0.15) is 35.3 Å². The molecule has 2 aromatic carbocycles. The molecule has 2 N–H and O–H groups in total. The number of methoxy groups -OCH3 is 1. The van der Waals surface area contributed by atoms with E-state index < -0.39 is 11.7 Å². The molecule has 0 radical (unpaired) electrons. The predicted octanol–water partition coefficient (Wildman–Crippen LogP) is 5.46. The third kappa shape index (κ3) is 4.89. The number of thiazole rings is 1. The summed E-state index contributed by atoms with van der Waals surface area (Å²) in [5.74, 6) is 0.318. The van der Waals surface area contributed by atoms with Gasteiger partial charge in [-0.25, -0.2) is 4.98 Å². The molecule has 1 unspecified atom stereocenters. The van der Waals surface area contributed by atoms with E-state index in [0.717, 1.165) is 37.0 Å². The number of halogens is 3. The molecular weight excluding hydrogens is 451 g/mol. The van der Waals surface area contributed by atoms with E-state index in [1.807, 2.05) is 6.07 Å². The highest BCUT2D eigenvalue weighted by Gasteiger charge is 2.33. The van der Waals surface area contributed by atoms with Gasteiger partial charge in [-0.2, -0.15) is 13.2 Å². The van der Waals surface area contributed by atoms with E-state index in [9.17, 15) is 18.0 Å². The Kier molecular flexibility index (Phi) is 6.71. The third-order valence-electron chi connectivity index (χ3n) is 5.76. The summed E-state index contributed by atoms with van der Waals surface area (Å²) >= 11 is 1.19. The van der Waals surface area contributed by atoms with Crippen molar-refractivity contribution >= 4 is 17.2 Å². The SMILES string of the molecule is COc1cccc(-c2nc(C(=O)N3CCCCC3CN)c(-c3cccc(C(F)(F)F)c3)s2)c1. The lowest BCUT2D eigenvalue weighted by molar-refractivity contribution is -0.137. The second-order valence-corrected chi connectivity index (χ2v) is 8.89. The minimum absolute atomic E-state index is 0.109. The van der Waals surface area contributed by atoms with Crippen LogP contribution >= 0.6 is 11.3 Å². The van der Waals surface area contributed by atoms with Gasteiger partial charge in [0.2, 0.25) is 0 Å². The highest BCUT2D eigenvalue weighted by molar-refractivity contribution is 7.18. The highest BCUT2D eigenvalue weighted by Crippen LogP contribution is 2.39. The number of piperidine rings is 1. The Hall–Kier alpha value is -2.91. The zero-order valence-electron chi connectivity index (χ0n) is 18.1. The summed E-state index contributed by atoms with van der Waals surface area (Å²) in [5.41, 5.74) is 6.31. The number of carbonyl (C=O) groups excluding carboxylic acids is 1. The van der Waals surface area contributed by atoms with E-state index in [1.54, 1.807) is 36.3 Å². The van der Waals surface area contributed by atoms with Gasteiger partial charge in [0.25, 0.3) is 5.91 Å². The van der Waals surface area contributed by atoms with Gasteiger partial charge < -0.3 is 15.4 Å². The molecule has 2 heterocycles. The number of rotatable bonds is 5.